The van der Waals surface area contributed by atoms with Crippen molar-refractivity contribution in [2.45, 2.75) is 13.1 Å². The van der Waals surface area contributed by atoms with Crippen molar-refractivity contribution >= 4 is 23.5 Å². The summed E-state index contributed by atoms with van der Waals surface area (Å²) in [5, 5.41) is 15.6. The van der Waals surface area contributed by atoms with Gasteiger partial charge in [-0.25, -0.2) is 17.8 Å². The van der Waals surface area contributed by atoms with Crippen molar-refractivity contribution in [2.75, 3.05) is 49.4 Å². The molecule has 0 amide bonds. The first-order valence-electron chi connectivity index (χ1n) is 13.6. The van der Waals surface area contributed by atoms with E-state index in [1.54, 1.807) is 41.5 Å². The van der Waals surface area contributed by atoms with E-state index in [1.807, 2.05) is 47.4 Å². The molecule has 0 saturated carbocycles. The number of piperazine rings is 1. The van der Waals surface area contributed by atoms with Gasteiger partial charge >= 0.3 is 6.18 Å². The number of aliphatic hydroxyl groups excluding tert-OH is 1. The van der Waals surface area contributed by atoms with Crippen LogP contribution in [-0.4, -0.2) is 70.1 Å². The molecule has 0 atom stereocenters. The Morgan fingerprint density at radius 2 is 1.77 bits per heavy atom. The monoisotopic (exact) mass is 633 g/mol. The van der Waals surface area contributed by atoms with Crippen molar-refractivity contribution in [3.05, 3.63) is 91.1 Å². The van der Waals surface area contributed by atoms with Gasteiger partial charge < -0.3 is 20.0 Å². The molecule has 2 aromatic carbocycles. The molecule has 5 rings (SSSR count). The van der Waals surface area contributed by atoms with E-state index < -0.39 is 11.9 Å². The van der Waals surface area contributed by atoms with Crippen LogP contribution in [0.5, 0.6) is 0 Å². The van der Waals surface area contributed by atoms with E-state index >= 15 is 8.78 Å². The molecule has 8 nitrogen and oxygen atoms in total. The van der Waals surface area contributed by atoms with Crippen LogP contribution in [0.4, 0.5) is 33.3 Å². The first-order chi connectivity index (χ1) is 21.0. The molecule has 0 spiro atoms. The lowest BCUT2D eigenvalue weighted by atomic mass is 10.0. The molecule has 0 unspecified atom stereocenters. The molecule has 1 saturated heterocycles. The summed E-state index contributed by atoms with van der Waals surface area (Å²) < 4.78 is 70.1. The molecule has 1 fully saturated rings. The summed E-state index contributed by atoms with van der Waals surface area (Å²) in [6.45, 7) is 8.25. The number of halogens is 5. The first-order valence-corrected chi connectivity index (χ1v) is 14.4. The van der Waals surface area contributed by atoms with Crippen LogP contribution < -0.4 is 14.9 Å². The smallest absolute Gasteiger partial charge is 0.448 e. The van der Waals surface area contributed by atoms with Gasteiger partial charge in [0.2, 0.25) is 0 Å². The largest absolute Gasteiger partial charge is 0.505 e. The Morgan fingerprint density at radius 3 is 2.39 bits per heavy atom. The van der Waals surface area contributed by atoms with Crippen LogP contribution in [-0.2, 0) is 0 Å². The van der Waals surface area contributed by atoms with Gasteiger partial charge in [0.1, 0.15) is 11.5 Å². The van der Waals surface area contributed by atoms with Crippen LogP contribution in [0.2, 0.25) is 0 Å². The van der Waals surface area contributed by atoms with E-state index in [4.69, 9.17) is 10.2 Å². The zero-order valence-corrected chi connectivity index (χ0v) is 24.9. The molecule has 0 aliphatic carbocycles. The van der Waals surface area contributed by atoms with Gasteiger partial charge in [-0.05, 0) is 37.4 Å². The third kappa shape index (κ3) is 8.07. The number of allylic oxidation sites excluding steroid dienone is 1. The maximum Gasteiger partial charge on any atom is 0.448 e. The van der Waals surface area contributed by atoms with E-state index in [0.29, 0.717) is 33.9 Å². The van der Waals surface area contributed by atoms with E-state index in [9.17, 15) is 13.2 Å². The molecule has 234 valence electrons. The fourth-order valence-corrected chi connectivity index (χ4v) is 4.78. The molecular weight excluding hydrogens is 601 g/mol. The van der Waals surface area contributed by atoms with Gasteiger partial charge in [-0.1, -0.05) is 25.6 Å². The molecule has 0 bridgehead atoms. The van der Waals surface area contributed by atoms with Crippen LogP contribution in [0.1, 0.15) is 6.92 Å². The van der Waals surface area contributed by atoms with Crippen molar-refractivity contribution in [3.63, 3.8) is 0 Å². The van der Waals surface area contributed by atoms with Crippen molar-refractivity contribution in [3.8, 4) is 28.1 Å². The predicted molar refractivity (Wildman–Crippen MR) is 165 cm³/mol. The highest BCUT2D eigenvalue weighted by Crippen LogP contribution is 2.36. The van der Waals surface area contributed by atoms with Crippen LogP contribution in [0, 0.1) is 11.6 Å². The molecule has 3 N–H and O–H groups in total. The Kier molecular flexibility index (Phi) is 10.8. The Hall–Kier alpha value is -4.14. The molecule has 4 aromatic rings. The zero-order valence-electron chi connectivity index (χ0n) is 24.1. The first kappa shape index (κ1) is 32.8. The lowest BCUT2D eigenvalue weighted by Gasteiger charge is -2.29. The predicted octanol–water partition coefficient (Wildman–Crippen LogP) is 6.84. The number of benzene rings is 2. The lowest BCUT2D eigenvalue weighted by Crippen LogP contribution is -2.43. The van der Waals surface area contributed by atoms with E-state index in [2.05, 4.69) is 21.6 Å². The average molecular weight is 634 g/mol. The summed E-state index contributed by atoms with van der Waals surface area (Å²) in [6, 6.07) is 14.0. The van der Waals surface area contributed by atoms with Gasteiger partial charge in [-0.3, -0.25) is 4.98 Å². The molecular formula is C30H32F5N7OS. The second kappa shape index (κ2) is 14.6. The molecule has 14 heteroatoms. The van der Waals surface area contributed by atoms with Gasteiger partial charge in [-0.2, -0.15) is 18.3 Å². The maximum absolute atomic E-state index is 15.7. The highest BCUT2D eigenvalue weighted by molar-refractivity contribution is 7.98. The minimum atomic E-state index is -4.64. The number of alkyl halides is 3. The minimum absolute atomic E-state index is 0.309. The third-order valence-electron chi connectivity index (χ3n) is 6.69. The number of rotatable bonds is 8. The number of anilines is 2. The number of pyridine rings is 1. The standard InChI is InChI=1S/C27H29F2N7S.C3H3F3O/c1-3-34(2)37-33-24-6-4-5-21(26(24)29)22-18-36(32-27(22)19-9-11-30-12-10-19)20-7-8-25(23(28)17-20)35-15-13-31-14-16-35;1-2(7)3(4,5)6/h4-12,17-18,31,33H,3,13-16H2,1-2H3;7H,1H2. The SMILES string of the molecule is C=C(O)C(F)(F)F.CCN(C)SNc1cccc(-c2cn(-c3ccc(N4CCNCC4)c(F)c3)nc2-c2ccncc2)c1F. The van der Waals surface area contributed by atoms with E-state index in [1.165, 1.54) is 18.2 Å². The lowest BCUT2D eigenvalue weighted by molar-refractivity contribution is -0.119. The Morgan fingerprint density at radius 1 is 1.09 bits per heavy atom. The van der Waals surface area contributed by atoms with Gasteiger partial charge in [0.05, 0.1) is 17.1 Å². The second-order valence-electron chi connectivity index (χ2n) is 9.69. The highest BCUT2D eigenvalue weighted by atomic mass is 32.2. The maximum atomic E-state index is 15.7. The number of aliphatic hydroxyl groups is 1. The van der Waals surface area contributed by atoms with Crippen molar-refractivity contribution in [1.29, 1.82) is 0 Å². The topological polar surface area (TPSA) is 81.5 Å². The second-order valence-corrected chi connectivity index (χ2v) is 10.7. The van der Waals surface area contributed by atoms with Gasteiger partial charge in [0.15, 0.2) is 11.6 Å². The van der Waals surface area contributed by atoms with Crippen LogP contribution >= 0.6 is 12.1 Å². The van der Waals surface area contributed by atoms with Crippen molar-refractivity contribution < 1.29 is 27.1 Å². The van der Waals surface area contributed by atoms with Crippen LogP contribution in [0.3, 0.4) is 0 Å². The van der Waals surface area contributed by atoms with Gasteiger partial charge in [-0.15, -0.1) is 0 Å². The summed E-state index contributed by atoms with van der Waals surface area (Å²) in [5.41, 5.74) is 3.90. The third-order valence-corrected chi connectivity index (χ3v) is 7.58. The molecule has 1 aliphatic heterocycles. The minimum Gasteiger partial charge on any atom is -0.505 e. The summed E-state index contributed by atoms with van der Waals surface area (Å²) >= 11 is 1.33. The molecule has 2 aromatic heterocycles. The Labute approximate surface area is 256 Å². The van der Waals surface area contributed by atoms with Crippen LogP contribution in [0.25, 0.3) is 28.1 Å². The fraction of sp³-hybridized carbons (Fsp3) is 0.267. The van der Waals surface area contributed by atoms with Crippen LogP contribution in [0.15, 0.2) is 79.5 Å². The highest BCUT2D eigenvalue weighted by Gasteiger charge is 2.31. The Balaban J connectivity index is 0.000000566. The molecule has 44 heavy (non-hydrogen) atoms. The summed E-state index contributed by atoms with van der Waals surface area (Å²) in [7, 11) is 1.93. The molecule has 0 radical (unpaired) electrons. The summed E-state index contributed by atoms with van der Waals surface area (Å²) in [6.07, 6.45) is 0.458. The van der Waals surface area contributed by atoms with E-state index in [-0.39, 0.29) is 11.6 Å². The van der Waals surface area contributed by atoms with Crippen molar-refractivity contribution in [2.24, 2.45) is 0 Å². The van der Waals surface area contributed by atoms with E-state index in [0.717, 1.165) is 38.3 Å². The number of hydrogen-bond donors (Lipinski definition) is 3. The summed E-state index contributed by atoms with van der Waals surface area (Å²) in [5.74, 6) is -2.45. The number of nitrogens with zero attached hydrogens (tertiary/aromatic N) is 5. The quantitative estimate of drug-likeness (QED) is 0.111. The van der Waals surface area contributed by atoms with Gasteiger partial charge in [0.25, 0.3) is 0 Å². The number of hydrogen-bond acceptors (Lipinski definition) is 8. The molecule has 1 aliphatic rings. The summed E-state index contributed by atoms with van der Waals surface area (Å²) in [4.78, 5) is 6.14. The normalized spacial score (nSPS) is 13.4. The average Bonchev–Trinajstić information content (AvgIpc) is 3.46. The van der Waals surface area contributed by atoms with Crippen molar-refractivity contribution in [1.82, 2.24) is 24.4 Å². The zero-order chi connectivity index (χ0) is 31.9. The number of nitrogens with one attached hydrogen (secondary N) is 2. The molecule has 3 heterocycles. The fourth-order valence-electron chi connectivity index (χ4n) is 4.24. The van der Waals surface area contributed by atoms with Gasteiger partial charge in [0, 0.05) is 86.2 Å². The number of aromatic nitrogens is 3. The Bertz CT molecular complexity index is 1560.